The highest BCUT2D eigenvalue weighted by Gasteiger charge is 2.15. The second kappa shape index (κ2) is 7.28. The van der Waals surface area contributed by atoms with Gasteiger partial charge < -0.3 is 4.90 Å². The zero-order valence-corrected chi connectivity index (χ0v) is 14.0. The summed E-state index contributed by atoms with van der Waals surface area (Å²) in [5, 5.41) is 0. The Hall–Kier alpha value is -2.34. The molecular weight excluding hydrogens is 312 g/mol. The van der Waals surface area contributed by atoms with Gasteiger partial charge in [-0.25, -0.2) is 8.42 Å². The number of nitrogens with one attached hydrogen (secondary N) is 1. The average Bonchev–Trinajstić information content (AvgIpc) is 2.54. The van der Waals surface area contributed by atoms with Crippen LogP contribution in [-0.2, 0) is 10.0 Å². The molecule has 0 spiro atoms. The zero-order valence-electron chi connectivity index (χ0n) is 13.2. The molecule has 0 bridgehead atoms. The van der Waals surface area contributed by atoms with Crippen molar-refractivity contribution in [3.8, 4) is 0 Å². The molecule has 2 aromatic rings. The third-order valence-electron chi connectivity index (χ3n) is 3.30. The summed E-state index contributed by atoms with van der Waals surface area (Å²) in [4.78, 5) is 14.1. The van der Waals surface area contributed by atoms with E-state index in [-0.39, 0.29) is 11.7 Å². The van der Waals surface area contributed by atoms with Crippen LogP contribution in [0, 0.1) is 0 Å². The van der Waals surface area contributed by atoms with Crippen LogP contribution < -0.4 is 9.62 Å². The van der Waals surface area contributed by atoms with Crippen molar-refractivity contribution < 1.29 is 13.2 Å². The molecule has 2 aromatic carbocycles. The van der Waals surface area contributed by atoms with Crippen LogP contribution in [0.4, 0.5) is 11.4 Å². The van der Waals surface area contributed by atoms with Gasteiger partial charge in [0.15, 0.2) is 0 Å². The number of para-hydroxylation sites is 1. The molecular formula is C17H20N2O3S. The Morgan fingerprint density at radius 1 is 1.09 bits per heavy atom. The van der Waals surface area contributed by atoms with Crippen molar-refractivity contribution in [2.24, 2.45) is 0 Å². The van der Waals surface area contributed by atoms with E-state index in [1.54, 1.807) is 38.2 Å². The van der Waals surface area contributed by atoms with Crippen LogP contribution in [0.1, 0.15) is 23.7 Å². The molecule has 0 radical (unpaired) electrons. The van der Waals surface area contributed by atoms with E-state index < -0.39 is 10.0 Å². The van der Waals surface area contributed by atoms with Crippen molar-refractivity contribution in [3.05, 3.63) is 60.2 Å². The maximum absolute atomic E-state index is 12.5. The zero-order chi connectivity index (χ0) is 16.9. The highest BCUT2D eigenvalue weighted by Crippen LogP contribution is 2.18. The number of hydrogen-bond donors (Lipinski definition) is 1. The normalized spacial score (nSPS) is 11.0. The van der Waals surface area contributed by atoms with Gasteiger partial charge in [-0.15, -0.1) is 0 Å². The predicted molar refractivity (Wildman–Crippen MR) is 93.3 cm³/mol. The second-order valence-electron chi connectivity index (χ2n) is 5.20. The topological polar surface area (TPSA) is 66.5 Å². The van der Waals surface area contributed by atoms with Crippen molar-refractivity contribution in [1.29, 1.82) is 0 Å². The first-order chi connectivity index (χ1) is 10.9. The van der Waals surface area contributed by atoms with Crippen molar-refractivity contribution in [1.82, 2.24) is 0 Å². The highest BCUT2D eigenvalue weighted by molar-refractivity contribution is 7.92. The Labute approximate surface area is 137 Å². The molecule has 0 fully saturated rings. The summed E-state index contributed by atoms with van der Waals surface area (Å²) in [5.74, 6) is -0.150. The first-order valence-electron chi connectivity index (χ1n) is 7.36. The maximum Gasteiger partial charge on any atom is 0.258 e. The van der Waals surface area contributed by atoms with E-state index in [2.05, 4.69) is 4.72 Å². The van der Waals surface area contributed by atoms with E-state index in [9.17, 15) is 13.2 Å². The van der Waals surface area contributed by atoms with E-state index in [1.165, 1.54) is 4.90 Å². The van der Waals surface area contributed by atoms with Crippen LogP contribution in [0.15, 0.2) is 54.6 Å². The Balaban J connectivity index is 2.21. The van der Waals surface area contributed by atoms with E-state index >= 15 is 0 Å². The Morgan fingerprint density at radius 3 is 2.43 bits per heavy atom. The predicted octanol–water partition coefficient (Wildman–Crippen LogP) is 3.11. The van der Waals surface area contributed by atoms with Crippen molar-refractivity contribution in [2.45, 2.75) is 13.3 Å². The number of anilines is 2. The summed E-state index contributed by atoms with van der Waals surface area (Å²) in [5.41, 5.74) is 1.59. The molecule has 0 aromatic heterocycles. The Kier molecular flexibility index (Phi) is 5.39. The van der Waals surface area contributed by atoms with Gasteiger partial charge in [-0.1, -0.05) is 31.2 Å². The van der Waals surface area contributed by atoms with Gasteiger partial charge in [0.2, 0.25) is 10.0 Å². The summed E-state index contributed by atoms with van der Waals surface area (Å²) >= 11 is 0. The number of carbonyl (C=O) groups is 1. The number of benzene rings is 2. The molecule has 6 heteroatoms. The third kappa shape index (κ3) is 4.56. The monoisotopic (exact) mass is 332 g/mol. The second-order valence-corrected chi connectivity index (χ2v) is 7.04. The molecule has 122 valence electrons. The Morgan fingerprint density at radius 2 is 1.78 bits per heavy atom. The molecule has 0 aliphatic heterocycles. The molecule has 5 nitrogen and oxygen atoms in total. The van der Waals surface area contributed by atoms with E-state index in [4.69, 9.17) is 0 Å². The maximum atomic E-state index is 12.5. The van der Waals surface area contributed by atoms with Crippen LogP contribution in [0.2, 0.25) is 0 Å². The van der Waals surface area contributed by atoms with Gasteiger partial charge in [0, 0.05) is 24.0 Å². The fourth-order valence-electron chi connectivity index (χ4n) is 2.18. The minimum Gasteiger partial charge on any atom is -0.311 e. The molecule has 23 heavy (non-hydrogen) atoms. The minimum atomic E-state index is -3.37. The SMILES string of the molecule is CCCS(=O)(=O)Nc1cccc(C(=O)N(C)c2ccccc2)c1. The number of sulfonamides is 1. The smallest absolute Gasteiger partial charge is 0.258 e. The molecule has 0 saturated heterocycles. The molecule has 2 rings (SSSR count). The number of carbonyl (C=O) groups excluding carboxylic acids is 1. The lowest BCUT2D eigenvalue weighted by Gasteiger charge is -2.18. The van der Waals surface area contributed by atoms with Gasteiger partial charge >= 0.3 is 0 Å². The van der Waals surface area contributed by atoms with Gasteiger partial charge in [-0.05, 0) is 36.8 Å². The molecule has 1 N–H and O–H groups in total. The number of nitrogens with zero attached hydrogens (tertiary/aromatic N) is 1. The highest BCUT2D eigenvalue weighted by atomic mass is 32.2. The van der Waals surface area contributed by atoms with Crippen molar-refractivity contribution >= 4 is 27.3 Å². The average molecular weight is 332 g/mol. The van der Waals surface area contributed by atoms with Gasteiger partial charge in [0.25, 0.3) is 5.91 Å². The lowest BCUT2D eigenvalue weighted by molar-refractivity contribution is 0.0993. The van der Waals surface area contributed by atoms with Gasteiger partial charge in [0.1, 0.15) is 0 Å². The van der Waals surface area contributed by atoms with Crippen LogP contribution in [0.3, 0.4) is 0 Å². The van der Waals surface area contributed by atoms with Crippen LogP contribution in [-0.4, -0.2) is 27.1 Å². The molecule has 0 atom stereocenters. The van der Waals surface area contributed by atoms with E-state index in [0.717, 1.165) is 5.69 Å². The van der Waals surface area contributed by atoms with Gasteiger partial charge in [-0.2, -0.15) is 0 Å². The van der Waals surface area contributed by atoms with E-state index in [1.807, 2.05) is 30.3 Å². The van der Waals surface area contributed by atoms with E-state index in [0.29, 0.717) is 17.7 Å². The van der Waals surface area contributed by atoms with Crippen molar-refractivity contribution in [2.75, 3.05) is 22.4 Å². The van der Waals surface area contributed by atoms with Crippen molar-refractivity contribution in [3.63, 3.8) is 0 Å². The first-order valence-corrected chi connectivity index (χ1v) is 9.02. The number of hydrogen-bond acceptors (Lipinski definition) is 3. The van der Waals surface area contributed by atoms with Crippen LogP contribution in [0.5, 0.6) is 0 Å². The summed E-state index contributed by atoms with van der Waals surface area (Å²) in [6.45, 7) is 1.80. The standard InChI is InChI=1S/C17H20N2O3S/c1-3-12-23(21,22)18-15-9-7-8-14(13-15)17(20)19(2)16-10-5-4-6-11-16/h4-11,13,18H,3,12H2,1-2H3. The minimum absolute atomic E-state index is 0.0507. The van der Waals surface area contributed by atoms with Crippen LogP contribution in [0.25, 0.3) is 0 Å². The summed E-state index contributed by atoms with van der Waals surface area (Å²) < 4.78 is 26.2. The Bertz CT molecular complexity index is 773. The summed E-state index contributed by atoms with van der Waals surface area (Å²) in [6.07, 6.45) is 0.532. The number of amides is 1. The van der Waals surface area contributed by atoms with Gasteiger partial charge in [0.05, 0.1) is 5.75 Å². The quantitative estimate of drug-likeness (QED) is 0.884. The molecule has 0 unspecified atom stereocenters. The third-order valence-corrected chi connectivity index (χ3v) is 4.80. The van der Waals surface area contributed by atoms with Gasteiger partial charge in [-0.3, -0.25) is 9.52 Å². The molecule has 0 heterocycles. The molecule has 0 aliphatic carbocycles. The summed E-state index contributed by atoms with van der Waals surface area (Å²) in [6, 6.07) is 15.8. The first kappa shape index (κ1) is 17.0. The fraction of sp³-hybridized carbons (Fsp3) is 0.235. The molecule has 1 amide bonds. The lowest BCUT2D eigenvalue weighted by atomic mass is 10.1. The van der Waals surface area contributed by atoms with Crippen LogP contribution >= 0.6 is 0 Å². The molecule has 0 aliphatic rings. The molecule has 0 saturated carbocycles. The number of rotatable bonds is 6. The lowest BCUT2D eigenvalue weighted by Crippen LogP contribution is -2.26. The summed E-state index contributed by atoms with van der Waals surface area (Å²) in [7, 11) is -1.69. The fourth-order valence-corrected chi connectivity index (χ4v) is 3.30. The largest absolute Gasteiger partial charge is 0.311 e.